The van der Waals surface area contributed by atoms with Gasteiger partial charge in [0.25, 0.3) is 5.91 Å². The van der Waals surface area contributed by atoms with Crippen molar-refractivity contribution in [3.63, 3.8) is 0 Å². The van der Waals surface area contributed by atoms with Crippen molar-refractivity contribution in [3.8, 4) is 0 Å². The summed E-state index contributed by atoms with van der Waals surface area (Å²) in [6.45, 7) is 4.54. The molecule has 0 radical (unpaired) electrons. The minimum absolute atomic E-state index is 0.0897. The van der Waals surface area contributed by atoms with Crippen LogP contribution in [0.2, 0.25) is 5.02 Å². The summed E-state index contributed by atoms with van der Waals surface area (Å²) < 4.78 is 0. The zero-order valence-electron chi connectivity index (χ0n) is 15.1. The molecule has 5 heteroatoms. The van der Waals surface area contributed by atoms with E-state index >= 15 is 0 Å². The van der Waals surface area contributed by atoms with E-state index in [1.807, 2.05) is 37.3 Å². The van der Waals surface area contributed by atoms with Crippen LogP contribution in [0, 0.1) is 6.92 Å². The fourth-order valence-corrected chi connectivity index (χ4v) is 3.46. The van der Waals surface area contributed by atoms with Gasteiger partial charge >= 0.3 is 0 Å². The molecule has 1 N–H and O–H groups in total. The maximum absolute atomic E-state index is 12.9. The highest BCUT2D eigenvalue weighted by atomic mass is 35.5. The standard InChI is InChI=1S/C21H23ClN2O2/c1-3-15-9-11-16(12-10-15)21(26)24-13-5-8-19(24)20(25)23-18-7-4-6-17(22)14(18)2/h4,6-7,9-12,19H,3,5,8,13H2,1-2H3,(H,23,25)/t19-/m0/s1. The van der Waals surface area contributed by atoms with Gasteiger partial charge in [-0.15, -0.1) is 0 Å². The molecule has 1 saturated heterocycles. The molecular weight excluding hydrogens is 348 g/mol. The highest BCUT2D eigenvalue weighted by Crippen LogP contribution is 2.26. The quantitative estimate of drug-likeness (QED) is 0.864. The summed E-state index contributed by atoms with van der Waals surface area (Å²) in [4.78, 5) is 27.3. The van der Waals surface area contributed by atoms with Gasteiger partial charge in [-0.1, -0.05) is 36.7 Å². The fourth-order valence-electron chi connectivity index (χ4n) is 3.29. The Bertz CT molecular complexity index is 817. The number of nitrogens with zero attached hydrogens (tertiary/aromatic N) is 1. The van der Waals surface area contributed by atoms with Gasteiger partial charge < -0.3 is 10.2 Å². The molecule has 0 spiro atoms. The molecule has 1 heterocycles. The van der Waals surface area contributed by atoms with E-state index in [2.05, 4.69) is 12.2 Å². The topological polar surface area (TPSA) is 49.4 Å². The Balaban J connectivity index is 1.75. The molecule has 1 aliphatic heterocycles. The molecule has 0 bridgehead atoms. The molecule has 3 rings (SSSR count). The molecule has 2 aromatic rings. The van der Waals surface area contributed by atoms with Crippen molar-refractivity contribution in [2.75, 3.05) is 11.9 Å². The maximum Gasteiger partial charge on any atom is 0.254 e. The van der Waals surface area contributed by atoms with Gasteiger partial charge in [0, 0.05) is 22.8 Å². The Morgan fingerprint density at radius 1 is 1.19 bits per heavy atom. The number of rotatable bonds is 4. The average molecular weight is 371 g/mol. The number of benzene rings is 2. The van der Waals surface area contributed by atoms with Crippen molar-refractivity contribution in [2.45, 2.75) is 39.2 Å². The van der Waals surface area contributed by atoms with Crippen LogP contribution in [0.4, 0.5) is 5.69 Å². The number of carbonyl (C=O) groups is 2. The smallest absolute Gasteiger partial charge is 0.254 e. The first-order valence-electron chi connectivity index (χ1n) is 8.97. The number of carbonyl (C=O) groups excluding carboxylic acids is 2. The van der Waals surface area contributed by atoms with Crippen molar-refractivity contribution in [3.05, 3.63) is 64.2 Å². The van der Waals surface area contributed by atoms with Crippen LogP contribution in [0.25, 0.3) is 0 Å². The monoisotopic (exact) mass is 370 g/mol. The molecule has 0 aliphatic carbocycles. The first kappa shape index (κ1) is 18.5. The molecule has 136 valence electrons. The van der Waals surface area contributed by atoms with Gasteiger partial charge in [0.1, 0.15) is 6.04 Å². The van der Waals surface area contributed by atoms with Gasteiger partial charge in [-0.2, -0.15) is 0 Å². The maximum atomic E-state index is 12.9. The summed E-state index contributed by atoms with van der Waals surface area (Å²) in [5.74, 6) is -0.250. The largest absolute Gasteiger partial charge is 0.327 e. The lowest BCUT2D eigenvalue weighted by Gasteiger charge is -2.24. The van der Waals surface area contributed by atoms with E-state index in [-0.39, 0.29) is 11.8 Å². The van der Waals surface area contributed by atoms with Crippen molar-refractivity contribution in [1.82, 2.24) is 4.90 Å². The second-order valence-electron chi connectivity index (χ2n) is 6.61. The Morgan fingerprint density at radius 2 is 1.92 bits per heavy atom. The SMILES string of the molecule is CCc1ccc(C(=O)N2CCC[C@H]2C(=O)Nc2cccc(Cl)c2C)cc1. The van der Waals surface area contributed by atoms with E-state index in [1.54, 1.807) is 17.0 Å². The van der Waals surface area contributed by atoms with Crippen LogP contribution in [0.15, 0.2) is 42.5 Å². The zero-order chi connectivity index (χ0) is 18.7. The normalized spacial score (nSPS) is 16.6. The second kappa shape index (κ2) is 7.92. The van der Waals surface area contributed by atoms with Crippen LogP contribution in [-0.4, -0.2) is 29.3 Å². The molecule has 0 unspecified atom stereocenters. The van der Waals surface area contributed by atoms with Crippen LogP contribution in [-0.2, 0) is 11.2 Å². The summed E-state index contributed by atoms with van der Waals surface area (Å²) in [5.41, 5.74) is 3.33. The van der Waals surface area contributed by atoms with Crippen molar-refractivity contribution >= 4 is 29.1 Å². The third kappa shape index (κ3) is 3.75. The fraction of sp³-hybridized carbons (Fsp3) is 0.333. The minimum atomic E-state index is -0.452. The number of hydrogen-bond donors (Lipinski definition) is 1. The molecule has 2 aromatic carbocycles. The van der Waals surface area contributed by atoms with E-state index in [0.717, 1.165) is 18.4 Å². The lowest BCUT2D eigenvalue weighted by molar-refractivity contribution is -0.119. The van der Waals surface area contributed by atoms with Gasteiger partial charge in [-0.05, 0) is 61.6 Å². The number of aryl methyl sites for hydroxylation is 1. The predicted molar refractivity (Wildman–Crippen MR) is 105 cm³/mol. The van der Waals surface area contributed by atoms with Gasteiger partial charge in [0.2, 0.25) is 5.91 Å². The molecule has 26 heavy (non-hydrogen) atoms. The number of hydrogen-bond acceptors (Lipinski definition) is 2. The van der Waals surface area contributed by atoms with Gasteiger partial charge in [0.15, 0.2) is 0 Å². The molecule has 1 fully saturated rings. The van der Waals surface area contributed by atoms with Crippen molar-refractivity contribution in [2.24, 2.45) is 0 Å². The summed E-state index contributed by atoms with van der Waals surface area (Å²) in [5, 5.41) is 3.54. The summed E-state index contributed by atoms with van der Waals surface area (Å²) in [6, 6.07) is 12.6. The number of amides is 2. The van der Waals surface area contributed by atoms with Crippen LogP contribution < -0.4 is 5.32 Å². The number of halogens is 1. The first-order valence-corrected chi connectivity index (χ1v) is 9.35. The highest BCUT2D eigenvalue weighted by molar-refractivity contribution is 6.31. The minimum Gasteiger partial charge on any atom is -0.327 e. The third-order valence-corrected chi connectivity index (χ3v) is 5.36. The average Bonchev–Trinajstić information content (AvgIpc) is 3.15. The van der Waals surface area contributed by atoms with E-state index < -0.39 is 6.04 Å². The lowest BCUT2D eigenvalue weighted by Crippen LogP contribution is -2.43. The van der Waals surface area contributed by atoms with E-state index in [0.29, 0.717) is 29.2 Å². The highest BCUT2D eigenvalue weighted by Gasteiger charge is 2.34. The number of likely N-dealkylation sites (tertiary alicyclic amines) is 1. The second-order valence-corrected chi connectivity index (χ2v) is 7.02. The van der Waals surface area contributed by atoms with Gasteiger partial charge in [-0.3, -0.25) is 9.59 Å². The van der Waals surface area contributed by atoms with E-state index in [1.165, 1.54) is 5.56 Å². The molecule has 1 aliphatic rings. The van der Waals surface area contributed by atoms with Crippen LogP contribution in [0.5, 0.6) is 0 Å². The van der Waals surface area contributed by atoms with Crippen LogP contribution in [0.1, 0.15) is 41.3 Å². The molecule has 2 amide bonds. The van der Waals surface area contributed by atoms with E-state index in [9.17, 15) is 9.59 Å². The summed E-state index contributed by atoms with van der Waals surface area (Å²) >= 11 is 6.12. The number of anilines is 1. The zero-order valence-corrected chi connectivity index (χ0v) is 15.8. The van der Waals surface area contributed by atoms with Gasteiger partial charge in [0.05, 0.1) is 0 Å². The van der Waals surface area contributed by atoms with Crippen LogP contribution in [0.3, 0.4) is 0 Å². The summed E-state index contributed by atoms with van der Waals surface area (Å²) in [6.07, 6.45) is 2.43. The van der Waals surface area contributed by atoms with Crippen molar-refractivity contribution in [1.29, 1.82) is 0 Å². The molecular formula is C21H23ClN2O2. The van der Waals surface area contributed by atoms with Crippen molar-refractivity contribution < 1.29 is 9.59 Å². The molecule has 4 nitrogen and oxygen atoms in total. The Kier molecular flexibility index (Phi) is 5.62. The van der Waals surface area contributed by atoms with E-state index in [4.69, 9.17) is 11.6 Å². The molecule has 0 saturated carbocycles. The third-order valence-electron chi connectivity index (χ3n) is 4.95. The molecule has 0 aromatic heterocycles. The van der Waals surface area contributed by atoms with Crippen LogP contribution >= 0.6 is 11.6 Å². The van der Waals surface area contributed by atoms with Gasteiger partial charge in [-0.25, -0.2) is 0 Å². The first-order chi connectivity index (χ1) is 12.5. The predicted octanol–water partition coefficient (Wildman–Crippen LogP) is 4.45. The Morgan fingerprint density at radius 3 is 2.62 bits per heavy atom. The lowest BCUT2D eigenvalue weighted by atomic mass is 10.1. The summed E-state index contributed by atoms with van der Waals surface area (Å²) in [7, 11) is 0. The Labute approximate surface area is 159 Å². The molecule has 1 atom stereocenters. The number of nitrogens with one attached hydrogen (secondary N) is 1. The Hall–Kier alpha value is -2.33.